The van der Waals surface area contributed by atoms with Gasteiger partial charge in [0.2, 0.25) is 0 Å². The molecule has 0 N–H and O–H groups in total. The highest BCUT2D eigenvalue weighted by molar-refractivity contribution is 9.10. The molecule has 6 heteroatoms. The third kappa shape index (κ3) is 4.16. The molecular weight excluding hydrogens is 510 g/mol. The van der Waals surface area contributed by atoms with Gasteiger partial charge in [0.25, 0.3) is 0 Å². The minimum atomic E-state index is 0.360. The van der Waals surface area contributed by atoms with E-state index in [9.17, 15) is 0 Å². The molecule has 0 saturated carbocycles. The van der Waals surface area contributed by atoms with Crippen molar-refractivity contribution in [3.63, 3.8) is 0 Å². The first-order valence-electron chi connectivity index (χ1n) is 12.3. The third-order valence-electron chi connectivity index (χ3n) is 7.01. The summed E-state index contributed by atoms with van der Waals surface area (Å²) in [6.45, 7) is 7.21. The number of piperazine rings is 1. The van der Waals surface area contributed by atoms with Gasteiger partial charge in [0.05, 0.1) is 5.39 Å². The molecule has 0 amide bonds. The number of hydrogen-bond donors (Lipinski definition) is 0. The normalized spacial score (nSPS) is 16.0. The summed E-state index contributed by atoms with van der Waals surface area (Å²) in [6, 6.07) is 28.1. The lowest BCUT2D eigenvalue weighted by atomic mass is 10.1. The van der Waals surface area contributed by atoms with Crippen LogP contribution in [0.3, 0.4) is 0 Å². The predicted octanol–water partition coefficient (Wildman–Crippen LogP) is 6.87. The van der Waals surface area contributed by atoms with Crippen LogP contribution in [-0.4, -0.2) is 40.2 Å². The number of anilines is 2. The zero-order chi connectivity index (χ0) is 24.6. The molecule has 1 saturated heterocycles. The Bertz CT molecular complexity index is 1510. The largest absolute Gasteiger partial charge is 0.365 e. The second kappa shape index (κ2) is 9.43. The maximum Gasteiger partial charge on any atom is 0.150 e. The Kier molecular flexibility index (Phi) is 5.97. The van der Waals surface area contributed by atoms with Crippen molar-refractivity contribution >= 4 is 38.5 Å². The average molecular weight is 538 g/mol. The molecule has 5 aromatic rings. The molecule has 0 aliphatic carbocycles. The van der Waals surface area contributed by atoms with Crippen LogP contribution in [0.25, 0.3) is 27.8 Å². The van der Waals surface area contributed by atoms with E-state index in [0.717, 1.165) is 52.2 Å². The Hall–Kier alpha value is -3.64. The maximum absolute atomic E-state index is 4.86. The van der Waals surface area contributed by atoms with Crippen molar-refractivity contribution < 1.29 is 0 Å². The van der Waals surface area contributed by atoms with E-state index in [1.807, 2.05) is 0 Å². The minimum Gasteiger partial charge on any atom is -0.365 e. The molecule has 36 heavy (non-hydrogen) atoms. The predicted molar refractivity (Wildman–Crippen MR) is 152 cm³/mol. The summed E-state index contributed by atoms with van der Waals surface area (Å²) in [7, 11) is 0. The van der Waals surface area contributed by atoms with E-state index in [1.165, 1.54) is 16.8 Å². The SMILES string of the molecule is Cc1cccc(N2CCN(c3ncnc4c3c(-c3ccccc3)cn4-c3ccc(Br)cc3)CC2C)c1. The monoisotopic (exact) mass is 537 g/mol. The van der Waals surface area contributed by atoms with E-state index in [0.29, 0.717) is 6.04 Å². The summed E-state index contributed by atoms with van der Waals surface area (Å²) in [4.78, 5) is 14.6. The molecule has 5 nitrogen and oxygen atoms in total. The molecule has 1 atom stereocenters. The quantitative estimate of drug-likeness (QED) is 0.250. The van der Waals surface area contributed by atoms with Crippen molar-refractivity contribution in [2.45, 2.75) is 19.9 Å². The van der Waals surface area contributed by atoms with Gasteiger partial charge in [-0.1, -0.05) is 58.4 Å². The molecule has 3 aromatic carbocycles. The van der Waals surface area contributed by atoms with Gasteiger partial charge in [0.1, 0.15) is 12.1 Å². The summed E-state index contributed by atoms with van der Waals surface area (Å²) in [6.07, 6.45) is 3.91. The number of halogens is 1. The lowest BCUT2D eigenvalue weighted by Gasteiger charge is -2.42. The van der Waals surface area contributed by atoms with Crippen LogP contribution in [0.1, 0.15) is 12.5 Å². The molecule has 6 rings (SSSR count). The molecule has 1 fully saturated rings. The molecule has 2 aromatic heterocycles. The highest BCUT2D eigenvalue weighted by Gasteiger charge is 2.28. The van der Waals surface area contributed by atoms with Gasteiger partial charge in [-0.15, -0.1) is 0 Å². The molecule has 180 valence electrons. The highest BCUT2D eigenvalue weighted by Crippen LogP contribution is 2.37. The van der Waals surface area contributed by atoms with Crippen LogP contribution >= 0.6 is 15.9 Å². The number of benzene rings is 3. The van der Waals surface area contributed by atoms with Crippen LogP contribution in [0.5, 0.6) is 0 Å². The fourth-order valence-corrected chi connectivity index (χ4v) is 5.53. The molecule has 0 radical (unpaired) electrons. The van der Waals surface area contributed by atoms with Crippen LogP contribution in [0.4, 0.5) is 11.5 Å². The average Bonchev–Trinajstić information content (AvgIpc) is 3.29. The van der Waals surface area contributed by atoms with Crippen molar-refractivity contribution in [3.05, 3.63) is 101 Å². The molecular formula is C30H28BrN5. The Morgan fingerprint density at radius 2 is 1.67 bits per heavy atom. The van der Waals surface area contributed by atoms with E-state index in [-0.39, 0.29) is 0 Å². The van der Waals surface area contributed by atoms with Gasteiger partial charge in [0, 0.05) is 53.3 Å². The van der Waals surface area contributed by atoms with Crippen LogP contribution in [-0.2, 0) is 0 Å². The second-order valence-electron chi connectivity index (χ2n) is 9.48. The summed E-state index contributed by atoms with van der Waals surface area (Å²) in [5.74, 6) is 1.01. The first kappa shape index (κ1) is 22.8. The van der Waals surface area contributed by atoms with Gasteiger partial charge in [0.15, 0.2) is 5.65 Å². The summed E-state index contributed by atoms with van der Waals surface area (Å²) in [5.41, 5.74) is 6.91. The van der Waals surface area contributed by atoms with Gasteiger partial charge >= 0.3 is 0 Å². The van der Waals surface area contributed by atoms with E-state index in [2.05, 4.69) is 129 Å². The fourth-order valence-electron chi connectivity index (χ4n) is 5.26. The van der Waals surface area contributed by atoms with Crippen LogP contribution in [0.15, 0.2) is 95.9 Å². The van der Waals surface area contributed by atoms with Crippen molar-refractivity contribution in [2.75, 3.05) is 29.4 Å². The Morgan fingerprint density at radius 1 is 0.861 bits per heavy atom. The molecule has 1 aliphatic heterocycles. The van der Waals surface area contributed by atoms with Gasteiger partial charge in [-0.05, 0) is 61.4 Å². The Morgan fingerprint density at radius 3 is 2.42 bits per heavy atom. The summed E-state index contributed by atoms with van der Waals surface area (Å²) >= 11 is 3.56. The molecule has 1 unspecified atom stereocenters. The summed E-state index contributed by atoms with van der Waals surface area (Å²) in [5, 5.41) is 1.10. The van der Waals surface area contributed by atoms with Crippen LogP contribution in [0, 0.1) is 6.92 Å². The van der Waals surface area contributed by atoms with E-state index < -0.39 is 0 Å². The lowest BCUT2D eigenvalue weighted by Crippen LogP contribution is -2.52. The van der Waals surface area contributed by atoms with Crippen LogP contribution in [0.2, 0.25) is 0 Å². The van der Waals surface area contributed by atoms with Crippen molar-refractivity contribution in [1.82, 2.24) is 14.5 Å². The first-order valence-corrected chi connectivity index (χ1v) is 13.1. The topological polar surface area (TPSA) is 37.2 Å². The first-order chi connectivity index (χ1) is 17.6. The van der Waals surface area contributed by atoms with Crippen LogP contribution < -0.4 is 9.80 Å². The number of aryl methyl sites for hydroxylation is 1. The highest BCUT2D eigenvalue weighted by atomic mass is 79.9. The van der Waals surface area contributed by atoms with Gasteiger partial charge < -0.3 is 14.4 Å². The minimum absolute atomic E-state index is 0.360. The van der Waals surface area contributed by atoms with Gasteiger partial charge in [-0.25, -0.2) is 9.97 Å². The number of rotatable bonds is 4. The van der Waals surface area contributed by atoms with Crippen molar-refractivity contribution in [2.24, 2.45) is 0 Å². The molecule has 1 aliphatic rings. The smallest absolute Gasteiger partial charge is 0.150 e. The summed E-state index contributed by atoms with van der Waals surface area (Å²) < 4.78 is 3.24. The van der Waals surface area contributed by atoms with E-state index in [4.69, 9.17) is 9.97 Å². The zero-order valence-electron chi connectivity index (χ0n) is 20.5. The zero-order valence-corrected chi connectivity index (χ0v) is 22.1. The maximum atomic E-state index is 4.86. The Balaban J connectivity index is 1.44. The number of fused-ring (bicyclic) bond motifs is 1. The number of nitrogens with zero attached hydrogens (tertiary/aromatic N) is 5. The van der Waals surface area contributed by atoms with Crippen molar-refractivity contribution in [3.8, 4) is 16.8 Å². The van der Waals surface area contributed by atoms with E-state index in [1.54, 1.807) is 6.33 Å². The second-order valence-corrected chi connectivity index (χ2v) is 10.4. The molecule has 3 heterocycles. The Labute approximate surface area is 220 Å². The number of aromatic nitrogens is 3. The van der Waals surface area contributed by atoms with Crippen molar-refractivity contribution in [1.29, 1.82) is 0 Å². The van der Waals surface area contributed by atoms with Gasteiger partial charge in [-0.3, -0.25) is 0 Å². The van der Waals surface area contributed by atoms with E-state index >= 15 is 0 Å². The fraction of sp³-hybridized carbons (Fsp3) is 0.200. The lowest BCUT2D eigenvalue weighted by molar-refractivity contribution is 0.548. The van der Waals surface area contributed by atoms with Gasteiger partial charge in [-0.2, -0.15) is 0 Å². The standard InChI is InChI=1S/C30H28BrN5/c1-21-7-6-10-26(17-21)35-16-15-34(18-22(35)2)29-28-27(23-8-4-3-5-9-23)19-36(30(28)33-20-32-29)25-13-11-24(31)12-14-25/h3-14,17,19-20,22H,15-16,18H2,1-2H3. The molecule has 0 spiro atoms. The number of hydrogen-bond acceptors (Lipinski definition) is 4. The third-order valence-corrected chi connectivity index (χ3v) is 7.54. The molecule has 0 bridgehead atoms.